The second kappa shape index (κ2) is 26.8. The van der Waals surface area contributed by atoms with E-state index in [4.69, 9.17) is 10.2 Å². The van der Waals surface area contributed by atoms with E-state index in [0.717, 1.165) is 64.2 Å². The van der Waals surface area contributed by atoms with E-state index in [9.17, 15) is 10.2 Å². The Balaban J connectivity index is 0. The fourth-order valence-corrected chi connectivity index (χ4v) is 3.16. The Kier molecular flexibility index (Phi) is 28.8. The van der Waals surface area contributed by atoms with Gasteiger partial charge in [-0.15, -0.1) is 0 Å². The van der Waals surface area contributed by atoms with Gasteiger partial charge in [-0.2, -0.15) is 0 Å². The first-order valence-corrected chi connectivity index (χ1v) is 12.2. The molecule has 0 aromatic heterocycles. The summed E-state index contributed by atoms with van der Waals surface area (Å²) in [5, 5.41) is 35.7. The van der Waals surface area contributed by atoms with Crippen molar-refractivity contribution in [2.24, 2.45) is 0 Å². The summed E-state index contributed by atoms with van der Waals surface area (Å²) >= 11 is 0. The lowest BCUT2D eigenvalue weighted by molar-refractivity contribution is 0.156. The number of unbranched alkanes of at least 4 members (excludes halogenated alkanes) is 12. The number of aliphatic hydroxyl groups excluding tert-OH is 4. The fraction of sp³-hybridized carbons (Fsp3) is 1.00. The average Bonchev–Trinajstić information content (AvgIpc) is 2.72. The Morgan fingerprint density at radius 3 is 0.929 bits per heavy atom. The second-order valence-electron chi connectivity index (χ2n) is 8.10. The molecule has 172 valence electrons. The molecule has 0 aliphatic heterocycles. The molecule has 4 N–H and O–H groups in total. The molecule has 4 nitrogen and oxygen atoms in total. The standard InChI is InChI=1S/2C12H26O2/c2*1-2-12(14)10-8-6-4-3-5-7-9-11-13/h2*12-14H,2-11H2,1H3. The largest absolute Gasteiger partial charge is 0.396 e. The van der Waals surface area contributed by atoms with E-state index in [0.29, 0.717) is 13.2 Å². The maximum atomic E-state index is 9.30. The average molecular weight is 405 g/mol. The van der Waals surface area contributed by atoms with Gasteiger partial charge in [0.1, 0.15) is 0 Å². The molecule has 2 unspecified atom stereocenters. The molecule has 0 amide bonds. The summed E-state index contributed by atoms with van der Waals surface area (Å²) < 4.78 is 0. The van der Waals surface area contributed by atoms with Crippen LogP contribution in [0.4, 0.5) is 0 Å². The molecule has 2 atom stereocenters. The zero-order chi connectivity index (χ0) is 21.3. The lowest BCUT2D eigenvalue weighted by Crippen LogP contribution is -2.03. The molecular weight excluding hydrogens is 352 g/mol. The van der Waals surface area contributed by atoms with Gasteiger partial charge in [-0.25, -0.2) is 0 Å². The van der Waals surface area contributed by atoms with Gasteiger partial charge in [0.25, 0.3) is 0 Å². The lowest BCUT2D eigenvalue weighted by Gasteiger charge is -2.06. The van der Waals surface area contributed by atoms with Crippen LogP contribution < -0.4 is 0 Å². The van der Waals surface area contributed by atoms with Gasteiger partial charge in [-0.3, -0.25) is 0 Å². The van der Waals surface area contributed by atoms with Crippen molar-refractivity contribution in [3.63, 3.8) is 0 Å². The predicted octanol–water partition coefficient (Wildman–Crippen LogP) is 5.74. The van der Waals surface area contributed by atoms with Crippen molar-refractivity contribution in [1.82, 2.24) is 0 Å². The van der Waals surface area contributed by atoms with Gasteiger partial charge in [0, 0.05) is 13.2 Å². The van der Waals surface area contributed by atoms with Crippen LogP contribution in [0.3, 0.4) is 0 Å². The molecular formula is C24H52O4. The molecule has 28 heavy (non-hydrogen) atoms. The lowest BCUT2D eigenvalue weighted by atomic mass is 10.1. The molecule has 0 rings (SSSR count). The highest BCUT2D eigenvalue weighted by atomic mass is 16.3. The first-order chi connectivity index (χ1) is 13.6. The van der Waals surface area contributed by atoms with Gasteiger partial charge in [0.05, 0.1) is 12.2 Å². The summed E-state index contributed by atoms with van der Waals surface area (Å²) in [5.74, 6) is 0. The van der Waals surface area contributed by atoms with Crippen LogP contribution >= 0.6 is 0 Å². The minimum absolute atomic E-state index is 0.0793. The van der Waals surface area contributed by atoms with E-state index in [2.05, 4.69) is 0 Å². The van der Waals surface area contributed by atoms with Gasteiger partial charge in [0.15, 0.2) is 0 Å². The molecule has 0 aromatic rings. The first-order valence-electron chi connectivity index (χ1n) is 12.2. The highest BCUT2D eigenvalue weighted by molar-refractivity contribution is 4.54. The molecule has 0 bridgehead atoms. The monoisotopic (exact) mass is 404 g/mol. The van der Waals surface area contributed by atoms with E-state index in [-0.39, 0.29) is 12.2 Å². The van der Waals surface area contributed by atoms with Crippen molar-refractivity contribution < 1.29 is 20.4 Å². The van der Waals surface area contributed by atoms with Gasteiger partial charge >= 0.3 is 0 Å². The topological polar surface area (TPSA) is 80.9 Å². The Labute approximate surface area is 175 Å². The Bertz CT molecular complexity index is 235. The number of hydrogen-bond donors (Lipinski definition) is 4. The second-order valence-corrected chi connectivity index (χ2v) is 8.10. The van der Waals surface area contributed by atoms with Crippen LogP contribution in [0.5, 0.6) is 0 Å². The molecule has 0 heterocycles. The van der Waals surface area contributed by atoms with Gasteiger partial charge in [0.2, 0.25) is 0 Å². The molecule has 0 fully saturated rings. The Hall–Kier alpha value is -0.160. The third kappa shape index (κ3) is 28.1. The maximum absolute atomic E-state index is 9.30. The van der Waals surface area contributed by atoms with E-state index in [1.165, 1.54) is 51.4 Å². The molecule has 0 radical (unpaired) electrons. The van der Waals surface area contributed by atoms with E-state index >= 15 is 0 Å². The van der Waals surface area contributed by atoms with Crippen LogP contribution in [-0.4, -0.2) is 45.8 Å². The summed E-state index contributed by atoms with van der Waals surface area (Å²) in [6.07, 6.45) is 20.2. The van der Waals surface area contributed by atoms with Crippen molar-refractivity contribution in [2.45, 2.75) is 142 Å². The number of hydrogen-bond acceptors (Lipinski definition) is 4. The normalized spacial score (nSPS) is 13.1. The molecule has 0 aliphatic rings. The van der Waals surface area contributed by atoms with Crippen molar-refractivity contribution in [1.29, 1.82) is 0 Å². The van der Waals surface area contributed by atoms with Gasteiger partial charge in [-0.1, -0.05) is 90.9 Å². The SMILES string of the molecule is CCC(O)CCCCCCCCCO.CCC(O)CCCCCCCCCO. The van der Waals surface area contributed by atoms with Gasteiger partial charge < -0.3 is 20.4 Å². The zero-order valence-electron chi connectivity index (χ0n) is 19.1. The summed E-state index contributed by atoms with van der Waals surface area (Å²) in [7, 11) is 0. The quantitative estimate of drug-likeness (QED) is 0.195. The van der Waals surface area contributed by atoms with Crippen LogP contribution in [0.15, 0.2) is 0 Å². The summed E-state index contributed by atoms with van der Waals surface area (Å²) in [6, 6.07) is 0. The summed E-state index contributed by atoms with van der Waals surface area (Å²) in [5.41, 5.74) is 0. The molecule has 4 heteroatoms. The first kappa shape index (κ1) is 30.0. The maximum Gasteiger partial charge on any atom is 0.0537 e. The fourth-order valence-electron chi connectivity index (χ4n) is 3.16. The van der Waals surface area contributed by atoms with Crippen LogP contribution in [0.2, 0.25) is 0 Å². The van der Waals surface area contributed by atoms with Gasteiger partial charge in [-0.05, 0) is 38.5 Å². The van der Waals surface area contributed by atoms with E-state index < -0.39 is 0 Å². The number of aliphatic hydroxyl groups is 4. The van der Waals surface area contributed by atoms with Crippen molar-refractivity contribution in [3.05, 3.63) is 0 Å². The van der Waals surface area contributed by atoms with E-state index in [1.54, 1.807) is 0 Å². The molecule has 0 aliphatic carbocycles. The predicted molar refractivity (Wildman–Crippen MR) is 121 cm³/mol. The highest BCUT2D eigenvalue weighted by Crippen LogP contribution is 2.11. The highest BCUT2D eigenvalue weighted by Gasteiger charge is 2.00. The van der Waals surface area contributed by atoms with E-state index in [1.807, 2.05) is 13.8 Å². The minimum Gasteiger partial charge on any atom is -0.396 e. The summed E-state index contributed by atoms with van der Waals surface area (Å²) in [6.45, 7) is 4.73. The van der Waals surface area contributed by atoms with Crippen LogP contribution in [0, 0.1) is 0 Å². The zero-order valence-corrected chi connectivity index (χ0v) is 19.1. The van der Waals surface area contributed by atoms with Crippen molar-refractivity contribution >= 4 is 0 Å². The Morgan fingerprint density at radius 2 is 0.679 bits per heavy atom. The Morgan fingerprint density at radius 1 is 0.429 bits per heavy atom. The van der Waals surface area contributed by atoms with Crippen LogP contribution in [0.25, 0.3) is 0 Å². The summed E-state index contributed by atoms with van der Waals surface area (Å²) in [4.78, 5) is 0. The van der Waals surface area contributed by atoms with Crippen LogP contribution in [0.1, 0.15) is 129 Å². The smallest absolute Gasteiger partial charge is 0.0537 e. The third-order valence-electron chi connectivity index (χ3n) is 5.33. The van der Waals surface area contributed by atoms with Crippen LogP contribution in [-0.2, 0) is 0 Å². The number of rotatable bonds is 20. The molecule has 0 saturated carbocycles. The van der Waals surface area contributed by atoms with Crippen molar-refractivity contribution in [2.75, 3.05) is 13.2 Å². The molecule has 0 spiro atoms. The minimum atomic E-state index is -0.0793. The molecule has 0 aromatic carbocycles. The van der Waals surface area contributed by atoms with Crippen molar-refractivity contribution in [3.8, 4) is 0 Å². The third-order valence-corrected chi connectivity index (χ3v) is 5.33. The molecule has 0 saturated heterocycles.